The summed E-state index contributed by atoms with van der Waals surface area (Å²) in [5, 5.41) is 0. The maximum absolute atomic E-state index is 12.3. The maximum atomic E-state index is 12.3. The van der Waals surface area contributed by atoms with Crippen molar-refractivity contribution < 1.29 is 9.21 Å². The monoisotopic (exact) mass is 305 g/mol. The van der Waals surface area contributed by atoms with Gasteiger partial charge in [0.15, 0.2) is 0 Å². The van der Waals surface area contributed by atoms with E-state index in [1.807, 2.05) is 31.1 Å². The molecular weight excluding hydrogens is 278 g/mol. The van der Waals surface area contributed by atoms with Crippen LogP contribution in [0.1, 0.15) is 19.4 Å². The first kappa shape index (κ1) is 15.4. The number of amides is 2. The number of carbonyl (C=O) groups is 1. The van der Waals surface area contributed by atoms with Crippen LogP contribution in [0.4, 0.5) is 4.79 Å². The van der Waals surface area contributed by atoms with Crippen LogP contribution in [-0.2, 0) is 6.54 Å². The van der Waals surface area contributed by atoms with E-state index in [0.717, 1.165) is 45.2 Å². The highest BCUT2D eigenvalue weighted by molar-refractivity contribution is 5.75. The van der Waals surface area contributed by atoms with Gasteiger partial charge in [-0.3, -0.25) is 0 Å². The lowest BCUT2D eigenvalue weighted by Crippen LogP contribution is -2.43. The van der Waals surface area contributed by atoms with Gasteiger partial charge >= 0.3 is 6.03 Å². The Morgan fingerprint density at radius 1 is 1.32 bits per heavy atom. The minimum absolute atomic E-state index is 0.225. The molecule has 3 atom stereocenters. The van der Waals surface area contributed by atoms with E-state index in [1.54, 1.807) is 6.26 Å². The molecule has 22 heavy (non-hydrogen) atoms. The summed E-state index contributed by atoms with van der Waals surface area (Å²) in [4.78, 5) is 18.7. The predicted octanol–water partition coefficient (Wildman–Crippen LogP) is 2.35. The minimum Gasteiger partial charge on any atom is -0.472 e. The standard InChI is InChI=1S/C17H27N3O2/c1-4-19(5-2)17(21)20-10-15-14(16(15)11-20)9-18(3)8-13-6-7-22-12-13/h6-7,12,14-16H,4-5,8-11H2,1-3H3/t14?,15-,16+. The van der Waals surface area contributed by atoms with Crippen LogP contribution < -0.4 is 0 Å². The molecule has 122 valence electrons. The van der Waals surface area contributed by atoms with Crippen LogP contribution in [-0.4, -0.2) is 60.5 Å². The predicted molar refractivity (Wildman–Crippen MR) is 85.4 cm³/mol. The van der Waals surface area contributed by atoms with E-state index < -0.39 is 0 Å². The van der Waals surface area contributed by atoms with Gasteiger partial charge in [-0.2, -0.15) is 0 Å². The molecule has 0 spiro atoms. The highest BCUT2D eigenvalue weighted by Gasteiger charge is 2.56. The first-order valence-corrected chi connectivity index (χ1v) is 8.37. The Labute approximate surface area is 132 Å². The molecule has 2 amide bonds. The summed E-state index contributed by atoms with van der Waals surface area (Å²) in [6, 6.07) is 2.25. The third-order valence-electron chi connectivity index (χ3n) is 5.23. The van der Waals surface area contributed by atoms with Crippen molar-refractivity contribution in [2.24, 2.45) is 17.8 Å². The van der Waals surface area contributed by atoms with Crippen molar-refractivity contribution in [3.8, 4) is 0 Å². The number of piperidine rings is 1. The molecule has 2 fully saturated rings. The van der Waals surface area contributed by atoms with E-state index in [-0.39, 0.29) is 6.03 Å². The first-order chi connectivity index (χ1) is 10.6. The van der Waals surface area contributed by atoms with Crippen LogP contribution in [0, 0.1) is 17.8 Å². The van der Waals surface area contributed by atoms with Crippen LogP contribution in [0.5, 0.6) is 0 Å². The van der Waals surface area contributed by atoms with Crippen molar-refractivity contribution in [1.82, 2.24) is 14.7 Å². The Bertz CT molecular complexity index is 486. The number of hydrogen-bond acceptors (Lipinski definition) is 3. The number of fused-ring (bicyclic) bond motifs is 1. The van der Waals surface area contributed by atoms with Gasteiger partial charge in [-0.25, -0.2) is 4.79 Å². The SMILES string of the molecule is CCN(CC)C(=O)N1C[C@@H]2C(CN(C)Cc3ccoc3)[C@@H]2C1. The normalized spacial score (nSPS) is 26.4. The highest BCUT2D eigenvalue weighted by atomic mass is 16.3. The summed E-state index contributed by atoms with van der Waals surface area (Å²) in [6.07, 6.45) is 3.54. The Balaban J connectivity index is 1.44. The number of urea groups is 1. The Hall–Kier alpha value is -1.49. The zero-order valence-electron chi connectivity index (χ0n) is 13.9. The number of rotatable bonds is 6. The fraction of sp³-hybridized carbons (Fsp3) is 0.706. The number of likely N-dealkylation sites (tertiary alicyclic amines) is 1. The van der Waals surface area contributed by atoms with Crippen molar-refractivity contribution in [1.29, 1.82) is 0 Å². The van der Waals surface area contributed by atoms with E-state index in [0.29, 0.717) is 11.8 Å². The second kappa shape index (κ2) is 6.32. The van der Waals surface area contributed by atoms with E-state index in [9.17, 15) is 4.79 Å². The molecular formula is C17H27N3O2. The molecule has 3 rings (SSSR count). The molecule has 1 aliphatic heterocycles. The average molecular weight is 305 g/mol. The van der Waals surface area contributed by atoms with Crippen molar-refractivity contribution in [2.45, 2.75) is 20.4 Å². The van der Waals surface area contributed by atoms with Gasteiger partial charge in [0.25, 0.3) is 0 Å². The largest absolute Gasteiger partial charge is 0.472 e. The van der Waals surface area contributed by atoms with Crippen molar-refractivity contribution >= 4 is 6.03 Å². The van der Waals surface area contributed by atoms with Crippen LogP contribution >= 0.6 is 0 Å². The van der Waals surface area contributed by atoms with Crippen molar-refractivity contribution in [2.75, 3.05) is 39.8 Å². The maximum Gasteiger partial charge on any atom is 0.319 e. The summed E-state index contributed by atoms with van der Waals surface area (Å²) in [7, 11) is 2.17. The van der Waals surface area contributed by atoms with Crippen molar-refractivity contribution in [3.05, 3.63) is 24.2 Å². The average Bonchev–Trinajstić information content (AvgIpc) is 2.95. The van der Waals surface area contributed by atoms with Gasteiger partial charge < -0.3 is 19.1 Å². The van der Waals surface area contributed by atoms with E-state index in [2.05, 4.69) is 16.8 Å². The van der Waals surface area contributed by atoms with Gasteiger partial charge in [0.05, 0.1) is 12.5 Å². The molecule has 1 saturated carbocycles. The Kier molecular flexibility index (Phi) is 4.43. The topological polar surface area (TPSA) is 39.9 Å². The van der Waals surface area contributed by atoms with E-state index >= 15 is 0 Å². The van der Waals surface area contributed by atoms with Crippen molar-refractivity contribution in [3.63, 3.8) is 0 Å². The summed E-state index contributed by atoms with van der Waals surface area (Å²) in [6.45, 7) is 9.66. The van der Waals surface area contributed by atoms with Gasteiger partial charge in [-0.15, -0.1) is 0 Å². The molecule has 0 radical (unpaired) electrons. The smallest absolute Gasteiger partial charge is 0.319 e. The molecule has 1 aliphatic carbocycles. The molecule has 5 heteroatoms. The number of hydrogen-bond donors (Lipinski definition) is 0. The van der Waals surface area contributed by atoms with E-state index in [1.165, 1.54) is 5.56 Å². The lowest BCUT2D eigenvalue weighted by atomic mass is 10.2. The minimum atomic E-state index is 0.225. The molecule has 0 bridgehead atoms. The lowest BCUT2D eigenvalue weighted by Gasteiger charge is -2.28. The second-order valence-corrected chi connectivity index (χ2v) is 6.68. The van der Waals surface area contributed by atoms with Crippen LogP contribution in [0.25, 0.3) is 0 Å². The van der Waals surface area contributed by atoms with Crippen LogP contribution in [0.15, 0.2) is 23.0 Å². The van der Waals surface area contributed by atoms with Crippen LogP contribution in [0.3, 0.4) is 0 Å². The fourth-order valence-corrected chi connectivity index (χ4v) is 3.89. The quantitative estimate of drug-likeness (QED) is 0.810. The molecule has 1 unspecified atom stereocenters. The Morgan fingerprint density at radius 3 is 2.55 bits per heavy atom. The molecule has 0 N–H and O–H groups in total. The zero-order chi connectivity index (χ0) is 15.7. The second-order valence-electron chi connectivity index (χ2n) is 6.68. The highest BCUT2D eigenvalue weighted by Crippen LogP contribution is 2.52. The third-order valence-corrected chi connectivity index (χ3v) is 5.23. The Morgan fingerprint density at radius 2 is 2.00 bits per heavy atom. The van der Waals surface area contributed by atoms with Gasteiger partial charge in [0.1, 0.15) is 0 Å². The molecule has 5 nitrogen and oxygen atoms in total. The zero-order valence-corrected chi connectivity index (χ0v) is 13.9. The first-order valence-electron chi connectivity index (χ1n) is 8.37. The number of furan rings is 1. The van der Waals surface area contributed by atoms with E-state index in [4.69, 9.17) is 4.42 Å². The van der Waals surface area contributed by atoms with Gasteiger partial charge in [0, 0.05) is 44.8 Å². The lowest BCUT2D eigenvalue weighted by molar-refractivity contribution is 0.158. The van der Waals surface area contributed by atoms with Gasteiger partial charge in [-0.1, -0.05) is 0 Å². The molecule has 2 heterocycles. The molecule has 1 aromatic rings. The fourth-order valence-electron chi connectivity index (χ4n) is 3.89. The third kappa shape index (κ3) is 3.00. The molecule has 1 aromatic heterocycles. The number of nitrogens with zero attached hydrogens (tertiary/aromatic N) is 3. The van der Waals surface area contributed by atoms with Gasteiger partial charge in [-0.05, 0) is 44.7 Å². The summed E-state index contributed by atoms with van der Waals surface area (Å²) in [5.74, 6) is 2.19. The summed E-state index contributed by atoms with van der Waals surface area (Å²) >= 11 is 0. The molecule has 1 saturated heterocycles. The summed E-state index contributed by atoms with van der Waals surface area (Å²) in [5.41, 5.74) is 1.23. The number of carbonyl (C=O) groups excluding carboxylic acids is 1. The molecule has 2 aliphatic rings. The van der Waals surface area contributed by atoms with Crippen LogP contribution in [0.2, 0.25) is 0 Å². The van der Waals surface area contributed by atoms with Gasteiger partial charge in [0.2, 0.25) is 0 Å². The molecule has 0 aromatic carbocycles. The summed E-state index contributed by atoms with van der Waals surface area (Å²) < 4.78 is 5.12.